The molecule has 2 saturated heterocycles. The van der Waals surface area contributed by atoms with Crippen molar-refractivity contribution in [3.05, 3.63) is 35.4 Å². The summed E-state index contributed by atoms with van der Waals surface area (Å²) in [6.45, 7) is 1.02. The highest BCUT2D eigenvalue weighted by Gasteiger charge is 2.52. The summed E-state index contributed by atoms with van der Waals surface area (Å²) in [7, 11) is 0. The van der Waals surface area contributed by atoms with E-state index in [4.69, 9.17) is 14.5 Å². The normalized spacial score (nSPS) is 29.2. The fourth-order valence-electron chi connectivity index (χ4n) is 7.01. The predicted molar refractivity (Wildman–Crippen MR) is 142 cm³/mol. The second kappa shape index (κ2) is 12.4. The number of unbranched alkanes of at least 4 members (excludes halogenated alkanes) is 1. The highest BCUT2D eigenvalue weighted by atomic mass is 16.5. The van der Waals surface area contributed by atoms with Gasteiger partial charge in [0.1, 0.15) is 6.61 Å². The van der Waals surface area contributed by atoms with Gasteiger partial charge in [0.25, 0.3) is 0 Å². The van der Waals surface area contributed by atoms with Gasteiger partial charge in [-0.05, 0) is 55.1 Å². The third kappa shape index (κ3) is 6.54. The Balaban J connectivity index is 1.12. The van der Waals surface area contributed by atoms with Crippen molar-refractivity contribution in [3.63, 3.8) is 0 Å². The summed E-state index contributed by atoms with van der Waals surface area (Å²) in [5.41, 5.74) is 1.96. The summed E-state index contributed by atoms with van der Waals surface area (Å²) >= 11 is 0. The number of carboxylic acids is 1. The zero-order chi connectivity index (χ0) is 25.6. The molecule has 2 bridgehead atoms. The Morgan fingerprint density at radius 3 is 2.57 bits per heavy atom. The molecular formula is C30H42N2O5. The Hall–Kier alpha value is -2.41. The maximum absolute atomic E-state index is 12.8. The molecule has 7 nitrogen and oxygen atoms in total. The number of carbonyl (C=O) groups is 2. The van der Waals surface area contributed by atoms with Crippen LogP contribution in [0.2, 0.25) is 0 Å². The topological polar surface area (TPSA) is 97.2 Å². The lowest BCUT2D eigenvalue weighted by molar-refractivity contribution is -0.136. The average Bonchev–Trinajstić information content (AvgIpc) is 3.65. The number of hydrogen-bond acceptors (Lipinski definition) is 5. The summed E-state index contributed by atoms with van der Waals surface area (Å²) < 4.78 is 12.3. The van der Waals surface area contributed by atoms with Crippen LogP contribution < -0.4 is 5.32 Å². The van der Waals surface area contributed by atoms with Gasteiger partial charge in [0.15, 0.2) is 11.9 Å². The zero-order valence-electron chi connectivity index (χ0n) is 21.9. The number of ether oxygens (including phenoxy) is 2. The molecule has 0 aromatic heterocycles. The lowest BCUT2D eigenvalue weighted by atomic mass is 9.76. The van der Waals surface area contributed by atoms with E-state index in [9.17, 15) is 14.7 Å². The van der Waals surface area contributed by atoms with Crippen LogP contribution in [0.1, 0.15) is 81.8 Å². The van der Waals surface area contributed by atoms with E-state index in [0.29, 0.717) is 19.0 Å². The number of rotatable bonds is 12. The van der Waals surface area contributed by atoms with E-state index in [1.165, 1.54) is 44.9 Å². The molecule has 1 saturated carbocycles. The number of nitrogens with zero attached hydrogens (tertiary/aromatic N) is 1. The second-order valence-electron chi connectivity index (χ2n) is 11.4. The highest BCUT2D eigenvalue weighted by Crippen LogP contribution is 2.47. The van der Waals surface area contributed by atoms with Gasteiger partial charge in [-0.3, -0.25) is 9.59 Å². The maximum atomic E-state index is 12.8. The number of benzene rings is 1. The molecule has 5 rings (SSSR count). The molecule has 0 radical (unpaired) electrons. The lowest BCUT2D eigenvalue weighted by Crippen LogP contribution is -2.35. The monoisotopic (exact) mass is 510 g/mol. The molecule has 7 heteroatoms. The van der Waals surface area contributed by atoms with E-state index in [1.807, 2.05) is 24.3 Å². The Bertz CT molecular complexity index is 972. The molecule has 5 atom stereocenters. The van der Waals surface area contributed by atoms with E-state index < -0.39 is 12.0 Å². The van der Waals surface area contributed by atoms with Crippen LogP contribution in [0.5, 0.6) is 0 Å². The molecule has 37 heavy (non-hydrogen) atoms. The van der Waals surface area contributed by atoms with Crippen LogP contribution in [0.25, 0.3) is 0 Å². The van der Waals surface area contributed by atoms with Gasteiger partial charge in [-0.2, -0.15) is 0 Å². The Kier molecular flexibility index (Phi) is 8.80. The van der Waals surface area contributed by atoms with Crippen molar-refractivity contribution in [3.8, 4) is 0 Å². The smallest absolute Gasteiger partial charge is 0.307 e. The first-order chi connectivity index (χ1) is 18.1. The van der Waals surface area contributed by atoms with Crippen molar-refractivity contribution in [1.29, 1.82) is 0 Å². The van der Waals surface area contributed by atoms with Gasteiger partial charge in [-0.1, -0.05) is 69.2 Å². The van der Waals surface area contributed by atoms with E-state index in [-0.39, 0.29) is 36.4 Å². The SMILES string of the molecule is O=C(O)Cc1ccccc1CC[C@H]1[C@@H](C2=NC(C(=O)NCCCCC3CCCCC3)CO2)[C@@H]2CC[C@H]1O2. The van der Waals surface area contributed by atoms with Crippen LogP contribution in [0.15, 0.2) is 29.3 Å². The predicted octanol–water partition coefficient (Wildman–Crippen LogP) is 4.70. The van der Waals surface area contributed by atoms with Gasteiger partial charge in [-0.25, -0.2) is 4.99 Å². The van der Waals surface area contributed by atoms with Gasteiger partial charge < -0.3 is 19.9 Å². The fraction of sp³-hybridized carbons (Fsp3) is 0.700. The van der Waals surface area contributed by atoms with E-state index in [1.54, 1.807) is 0 Å². The Labute approximate surface area is 220 Å². The van der Waals surface area contributed by atoms with E-state index in [0.717, 1.165) is 49.1 Å². The Morgan fingerprint density at radius 2 is 1.76 bits per heavy atom. The summed E-state index contributed by atoms with van der Waals surface area (Å²) in [5, 5.41) is 12.3. The number of hydrogen-bond donors (Lipinski definition) is 2. The van der Waals surface area contributed by atoms with Crippen molar-refractivity contribution >= 4 is 17.8 Å². The second-order valence-corrected chi connectivity index (χ2v) is 11.4. The van der Waals surface area contributed by atoms with Gasteiger partial charge >= 0.3 is 5.97 Å². The van der Waals surface area contributed by atoms with Crippen LogP contribution in [-0.2, 0) is 31.9 Å². The first-order valence-electron chi connectivity index (χ1n) is 14.5. The highest BCUT2D eigenvalue weighted by molar-refractivity contribution is 5.90. The quantitative estimate of drug-likeness (QED) is 0.397. The van der Waals surface area contributed by atoms with Gasteiger partial charge in [0.05, 0.1) is 24.5 Å². The molecule has 3 aliphatic heterocycles. The number of carbonyl (C=O) groups excluding carboxylic acids is 1. The molecule has 1 aromatic rings. The largest absolute Gasteiger partial charge is 0.481 e. The fourth-order valence-corrected chi connectivity index (χ4v) is 7.01. The number of aliphatic imine (C=N–C) groups is 1. The van der Waals surface area contributed by atoms with E-state index in [2.05, 4.69) is 5.32 Å². The van der Waals surface area contributed by atoms with Crippen LogP contribution in [0.4, 0.5) is 0 Å². The molecule has 1 amide bonds. The summed E-state index contributed by atoms with van der Waals surface area (Å²) in [6, 6.07) is 7.33. The van der Waals surface area contributed by atoms with Crippen LogP contribution in [0, 0.1) is 17.8 Å². The van der Waals surface area contributed by atoms with Gasteiger partial charge in [-0.15, -0.1) is 0 Å². The third-order valence-corrected chi connectivity index (χ3v) is 8.95. The molecule has 4 aliphatic rings. The van der Waals surface area contributed by atoms with Crippen molar-refractivity contribution < 1.29 is 24.2 Å². The van der Waals surface area contributed by atoms with Crippen molar-refractivity contribution in [2.75, 3.05) is 13.2 Å². The zero-order valence-corrected chi connectivity index (χ0v) is 21.9. The molecule has 3 heterocycles. The minimum Gasteiger partial charge on any atom is -0.481 e. The average molecular weight is 511 g/mol. The molecule has 1 aliphatic carbocycles. The van der Waals surface area contributed by atoms with Gasteiger partial charge in [0, 0.05) is 6.54 Å². The number of aryl methyl sites for hydroxylation is 1. The molecule has 3 fully saturated rings. The van der Waals surface area contributed by atoms with Gasteiger partial charge in [0.2, 0.25) is 5.91 Å². The molecule has 0 spiro atoms. The number of fused-ring (bicyclic) bond motifs is 2. The summed E-state index contributed by atoms with van der Waals surface area (Å²) in [6.07, 6.45) is 14.5. The summed E-state index contributed by atoms with van der Waals surface area (Å²) in [5.74, 6) is 1.10. The number of amides is 1. The molecule has 2 N–H and O–H groups in total. The summed E-state index contributed by atoms with van der Waals surface area (Å²) in [4.78, 5) is 28.8. The first kappa shape index (κ1) is 26.2. The van der Waals surface area contributed by atoms with Crippen LogP contribution >= 0.6 is 0 Å². The molecule has 202 valence electrons. The van der Waals surface area contributed by atoms with Crippen molar-refractivity contribution in [2.24, 2.45) is 22.7 Å². The van der Waals surface area contributed by atoms with Crippen LogP contribution in [-0.4, -0.2) is 54.3 Å². The third-order valence-electron chi connectivity index (χ3n) is 8.95. The number of carboxylic acid groups (broad SMARTS) is 1. The Morgan fingerprint density at radius 1 is 0.973 bits per heavy atom. The molecule has 1 aromatic carbocycles. The minimum atomic E-state index is -0.809. The van der Waals surface area contributed by atoms with Crippen molar-refractivity contribution in [2.45, 2.75) is 102 Å². The molecule has 1 unspecified atom stereocenters. The maximum Gasteiger partial charge on any atom is 0.307 e. The molecular weight excluding hydrogens is 468 g/mol. The standard InChI is InChI=1S/C30H42N2O5/c33-27(34)18-22-12-5-4-11-21(22)13-14-23-25-15-16-26(37-25)28(23)30-32-24(19-36-30)29(35)31-17-7-6-10-20-8-2-1-3-9-20/h4-5,11-12,20,23-26,28H,1-3,6-10,13-19H2,(H,31,35)(H,33,34)/t23-,24?,25-,26+,28-/m1/s1. The lowest BCUT2D eigenvalue weighted by Gasteiger charge is -2.27. The minimum absolute atomic E-state index is 0.0316. The number of aliphatic carboxylic acids is 1. The van der Waals surface area contributed by atoms with Crippen LogP contribution in [0.3, 0.4) is 0 Å². The number of nitrogens with one attached hydrogen (secondary N) is 1. The first-order valence-corrected chi connectivity index (χ1v) is 14.5. The van der Waals surface area contributed by atoms with Crippen molar-refractivity contribution in [1.82, 2.24) is 5.32 Å². The van der Waals surface area contributed by atoms with E-state index >= 15 is 0 Å².